The quantitative estimate of drug-likeness (QED) is 0.768. The number of carbonyl (C=O) groups excluding carboxylic acids is 1. The Balaban J connectivity index is 1.49. The van der Waals surface area contributed by atoms with Crippen LogP contribution in [0.4, 0.5) is 0 Å². The number of carbonyl (C=O) groups is 1. The van der Waals surface area contributed by atoms with Crippen LogP contribution in [0.5, 0.6) is 0 Å². The molecule has 1 aromatic carbocycles. The number of aromatic nitrogens is 3. The minimum absolute atomic E-state index is 0.0452. The van der Waals surface area contributed by atoms with Gasteiger partial charge in [-0.05, 0) is 50.7 Å². The number of halogens is 1. The Kier molecular flexibility index (Phi) is 4.61. The molecule has 1 amide bonds. The van der Waals surface area contributed by atoms with Crippen molar-refractivity contribution in [2.75, 3.05) is 20.1 Å². The van der Waals surface area contributed by atoms with E-state index in [0.717, 1.165) is 29.9 Å². The fraction of sp³-hybridized carbons (Fsp3) is 0.316. The summed E-state index contributed by atoms with van der Waals surface area (Å²) in [5.41, 5.74) is 3.14. The van der Waals surface area contributed by atoms with Gasteiger partial charge >= 0.3 is 0 Å². The van der Waals surface area contributed by atoms with Gasteiger partial charge in [0.05, 0.1) is 11.9 Å². The largest absolute Gasteiger partial charge is 0.350 e. The van der Waals surface area contributed by atoms with Crippen molar-refractivity contribution in [3.8, 4) is 11.3 Å². The van der Waals surface area contributed by atoms with Gasteiger partial charge in [-0.15, -0.1) is 0 Å². The van der Waals surface area contributed by atoms with Gasteiger partial charge in [0.1, 0.15) is 5.15 Å². The van der Waals surface area contributed by atoms with Gasteiger partial charge in [0.2, 0.25) is 0 Å². The zero-order valence-electron chi connectivity index (χ0n) is 14.5. The molecule has 0 saturated carbocycles. The molecular weight excluding hydrogens is 350 g/mol. The van der Waals surface area contributed by atoms with E-state index in [2.05, 4.69) is 27.3 Å². The maximum atomic E-state index is 12.4. The van der Waals surface area contributed by atoms with Gasteiger partial charge in [0.25, 0.3) is 5.91 Å². The molecule has 1 aliphatic rings. The number of fused-ring (bicyclic) bond motifs is 1. The van der Waals surface area contributed by atoms with Crippen molar-refractivity contribution in [2.45, 2.75) is 18.9 Å². The molecule has 0 bridgehead atoms. The van der Waals surface area contributed by atoms with Gasteiger partial charge < -0.3 is 10.2 Å². The lowest BCUT2D eigenvalue weighted by atomic mass is 10.1. The second kappa shape index (κ2) is 7.05. The van der Waals surface area contributed by atoms with Crippen molar-refractivity contribution in [1.29, 1.82) is 0 Å². The molecule has 7 heteroatoms. The molecule has 3 heterocycles. The van der Waals surface area contributed by atoms with E-state index in [1.54, 1.807) is 16.8 Å². The Labute approximate surface area is 156 Å². The summed E-state index contributed by atoms with van der Waals surface area (Å²) >= 11 is 5.98. The van der Waals surface area contributed by atoms with E-state index in [-0.39, 0.29) is 5.91 Å². The molecule has 1 N–H and O–H groups in total. The third kappa shape index (κ3) is 3.30. The topological polar surface area (TPSA) is 62.5 Å². The first-order valence-corrected chi connectivity index (χ1v) is 9.09. The average Bonchev–Trinajstić information content (AvgIpc) is 3.25. The third-order valence-electron chi connectivity index (χ3n) is 4.94. The molecule has 0 radical (unpaired) electrons. The summed E-state index contributed by atoms with van der Waals surface area (Å²) < 4.78 is 1.70. The standard InChI is InChI=1S/C19H20ClN5O/c1-24-10-2-3-15(24)11-22-19(26)14-6-4-13(5-7-14)16-12-21-18-9-8-17(20)23-25(16)18/h4-9,12,15H,2-3,10-11H2,1H3,(H,22,26). The monoisotopic (exact) mass is 369 g/mol. The number of likely N-dealkylation sites (tertiary alicyclic amines) is 1. The molecule has 4 rings (SSSR count). The number of nitrogens with one attached hydrogen (secondary N) is 1. The van der Waals surface area contributed by atoms with Gasteiger partial charge in [-0.25, -0.2) is 9.50 Å². The molecule has 0 aliphatic carbocycles. The number of imidazole rings is 1. The van der Waals surface area contributed by atoms with Crippen molar-refractivity contribution in [2.24, 2.45) is 0 Å². The second-order valence-corrected chi connectivity index (χ2v) is 7.02. The van der Waals surface area contributed by atoms with Gasteiger partial charge in [0.15, 0.2) is 5.65 Å². The number of rotatable bonds is 4. The fourth-order valence-corrected chi connectivity index (χ4v) is 3.53. The SMILES string of the molecule is CN1CCCC1CNC(=O)c1ccc(-c2cnc3ccc(Cl)nn23)cc1. The van der Waals surface area contributed by atoms with Crippen LogP contribution >= 0.6 is 11.6 Å². The Morgan fingerprint density at radius 2 is 2.08 bits per heavy atom. The first kappa shape index (κ1) is 17.0. The predicted molar refractivity (Wildman–Crippen MR) is 101 cm³/mol. The van der Waals surface area contributed by atoms with Gasteiger partial charge in [-0.1, -0.05) is 23.7 Å². The summed E-state index contributed by atoms with van der Waals surface area (Å²) in [4.78, 5) is 19.0. The van der Waals surface area contributed by atoms with Crippen molar-refractivity contribution in [3.63, 3.8) is 0 Å². The van der Waals surface area contributed by atoms with E-state index >= 15 is 0 Å². The van der Waals surface area contributed by atoms with Crippen LogP contribution in [0.3, 0.4) is 0 Å². The molecule has 1 aliphatic heterocycles. The van der Waals surface area contributed by atoms with Crippen LogP contribution in [-0.2, 0) is 0 Å². The van der Waals surface area contributed by atoms with Crippen molar-refractivity contribution in [1.82, 2.24) is 24.8 Å². The summed E-state index contributed by atoms with van der Waals surface area (Å²) in [5.74, 6) is -0.0452. The molecule has 0 spiro atoms. The lowest BCUT2D eigenvalue weighted by molar-refractivity contribution is 0.0943. The van der Waals surface area contributed by atoms with Crippen LogP contribution < -0.4 is 5.32 Å². The number of benzene rings is 1. The smallest absolute Gasteiger partial charge is 0.251 e. The zero-order chi connectivity index (χ0) is 18.1. The maximum Gasteiger partial charge on any atom is 0.251 e. The Morgan fingerprint density at radius 1 is 1.27 bits per heavy atom. The second-order valence-electron chi connectivity index (χ2n) is 6.63. The number of hydrogen-bond acceptors (Lipinski definition) is 4. The first-order valence-electron chi connectivity index (χ1n) is 8.71. The maximum absolute atomic E-state index is 12.4. The third-order valence-corrected chi connectivity index (χ3v) is 5.14. The minimum Gasteiger partial charge on any atom is -0.350 e. The summed E-state index contributed by atoms with van der Waals surface area (Å²) in [6, 6.07) is 11.4. The Hall–Kier alpha value is -2.44. The highest BCUT2D eigenvalue weighted by Crippen LogP contribution is 2.21. The van der Waals surface area contributed by atoms with Crippen LogP contribution in [0.2, 0.25) is 5.15 Å². The number of nitrogens with zero attached hydrogens (tertiary/aromatic N) is 4. The first-order chi connectivity index (χ1) is 12.6. The molecule has 3 aromatic rings. The lowest BCUT2D eigenvalue weighted by Gasteiger charge is -2.19. The van der Waals surface area contributed by atoms with Crippen LogP contribution in [0.25, 0.3) is 16.9 Å². The van der Waals surface area contributed by atoms with E-state index in [4.69, 9.17) is 11.6 Å². The number of likely N-dealkylation sites (N-methyl/N-ethyl adjacent to an activating group) is 1. The zero-order valence-corrected chi connectivity index (χ0v) is 15.3. The average molecular weight is 370 g/mol. The Bertz CT molecular complexity index is 937. The molecule has 1 saturated heterocycles. The molecule has 26 heavy (non-hydrogen) atoms. The minimum atomic E-state index is -0.0452. The highest BCUT2D eigenvalue weighted by Gasteiger charge is 2.21. The molecule has 1 unspecified atom stereocenters. The van der Waals surface area contributed by atoms with Crippen LogP contribution in [-0.4, -0.2) is 51.6 Å². The highest BCUT2D eigenvalue weighted by molar-refractivity contribution is 6.29. The number of hydrogen-bond donors (Lipinski definition) is 1. The molecule has 1 atom stereocenters. The van der Waals surface area contributed by atoms with Crippen LogP contribution in [0, 0.1) is 0 Å². The van der Waals surface area contributed by atoms with E-state index < -0.39 is 0 Å². The van der Waals surface area contributed by atoms with Gasteiger partial charge in [-0.2, -0.15) is 5.10 Å². The molecular formula is C19H20ClN5O. The summed E-state index contributed by atoms with van der Waals surface area (Å²) in [6.07, 6.45) is 4.09. The summed E-state index contributed by atoms with van der Waals surface area (Å²) in [6.45, 7) is 1.79. The van der Waals surface area contributed by atoms with Crippen LogP contribution in [0.15, 0.2) is 42.6 Å². The van der Waals surface area contributed by atoms with Crippen molar-refractivity contribution in [3.05, 3.63) is 53.3 Å². The van der Waals surface area contributed by atoms with Crippen LogP contribution in [0.1, 0.15) is 23.2 Å². The lowest BCUT2D eigenvalue weighted by Crippen LogP contribution is -2.38. The van der Waals surface area contributed by atoms with E-state index in [0.29, 0.717) is 23.3 Å². The number of amides is 1. The molecule has 134 valence electrons. The fourth-order valence-electron chi connectivity index (χ4n) is 3.39. The van der Waals surface area contributed by atoms with Crippen molar-refractivity contribution >= 4 is 23.2 Å². The predicted octanol–water partition coefficient (Wildman–Crippen LogP) is 2.87. The molecule has 1 fully saturated rings. The van der Waals surface area contributed by atoms with Crippen molar-refractivity contribution < 1.29 is 4.79 Å². The van der Waals surface area contributed by atoms with E-state index in [1.165, 1.54) is 6.42 Å². The summed E-state index contributed by atoms with van der Waals surface area (Å²) in [7, 11) is 2.11. The highest BCUT2D eigenvalue weighted by atomic mass is 35.5. The van der Waals surface area contributed by atoms with E-state index in [1.807, 2.05) is 30.3 Å². The summed E-state index contributed by atoms with van der Waals surface area (Å²) in [5, 5.41) is 7.73. The molecule has 2 aromatic heterocycles. The van der Waals surface area contributed by atoms with Gasteiger partial charge in [0, 0.05) is 23.7 Å². The van der Waals surface area contributed by atoms with Gasteiger partial charge in [-0.3, -0.25) is 4.79 Å². The molecule has 6 nitrogen and oxygen atoms in total. The normalized spacial score (nSPS) is 17.7. The Morgan fingerprint density at radius 3 is 2.81 bits per heavy atom. The van der Waals surface area contributed by atoms with E-state index in [9.17, 15) is 4.79 Å².